The van der Waals surface area contributed by atoms with Gasteiger partial charge in [0.2, 0.25) is 0 Å². The Labute approximate surface area is 147 Å². The van der Waals surface area contributed by atoms with Gasteiger partial charge in [-0.2, -0.15) is 5.10 Å². The van der Waals surface area contributed by atoms with Gasteiger partial charge in [-0.1, -0.05) is 30.3 Å². The van der Waals surface area contributed by atoms with Crippen molar-refractivity contribution in [2.45, 2.75) is 24.6 Å². The lowest BCUT2D eigenvalue weighted by Crippen LogP contribution is -2.58. The maximum absolute atomic E-state index is 11.3. The van der Waals surface area contributed by atoms with Gasteiger partial charge < -0.3 is 15.1 Å². The highest BCUT2D eigenvalue weighted by Crippen LogP contribution is 2.35. The highest BCUT2D eigenvalue weighted by molar-refractivity contribution is 5.32. The average molecular weight is 346 g/mol. The van der Waals surface area contributed by atoms with Crippen LogP contribution >= 0.6 is 0 Å². The molecule has 0 spiro atoms. The lowest BCUT2D eigenvalue weighted by Gasteiger charge is -2.47. The fraction of sp³-hybridized carbons (Fsp3) is 0.444. The number of piperidine rings is 1. The van der Waals surface area contributed by atoms with E-state index in [9.17, 15) is 5.11 Å². The Hall–Kier alpha value is -2.22. The third-order valence-corrected chi connectivity index (χ3v) is 4.64. The Balaban J connectivity index is 0.000000701. The van der Waals surface area contributed by atoms with Gasteiger partial charge in [-0.15, -0.1) is 0 Å². The van der Waals surface area contributed by atoms with Crippen LogP contribution in [0.2, 0.25) is 0 Å². The molecule has 3 N–H and O–H groups in total. The Kier molecular flexibility index (Phi) is 6.69. The zero-order valence-corrected chi connectivity index (χ0v) is 14.7. The van der Waals surface area contributed by atoms with Gasteiger partial charge in [0.15, 0.2) is 0 Å². The molecule has 0 radical (unpaired) electrons. The van der Waals surface area contributed by atoms with E-state index in [-0.39, 0.29) is 12.5 Å². The first-order valence-electron chi connectivity index (χ1n) is 8.24. The van der Waals surface area contributed by atoms with Crippen LogP contribution in [-0.4, -0.2) is 69.9 Å². The average Bonchev–Trinajstić information content (AvgIpc) is 3.11. The molecule has 0 amide bonds. The summed E-state index contributed by atoms with van der Waals surface area (Å²) in [6, 6.07) is 12.1. The lowest BCUT2D eigenvalue weighted by molar-refractivity contribution is -0.122. The number of hydrogen-bond donors (Lipinski definition) is 3. The molecule has 0 saturated carbocycles. The molecule has 7 heteroatoms. The van der Waals surface area contributed by atoms with Gasteiger partial charge in [0, 0.05) is 31.5 Å². The molecular weight excluding hydrogens is 320 g/mol. The van der Waals surface area contributed by atoms with Crippen molar-refractivity contribution in [3.63, 3.8) is 0 Å². The van der Waals surface area contributed by atoms with Gasteiger partial charge in [-0.25, -0.2) is 0 Å². The van der Waals surface area contributed by atoms with Crippen molar-refractivity contribution in [1.29, 1.82) is 0 Å². The number of aliphatic hydroxyl groups is 1. The SMILES string of the molecule is CN(C)[C@@H]1CN(Cc2ccn[nH]2)CC[C@]1(O)c1ccccc1.O=CO. The van der Waals surface area contributed by atoms with Crippen LogP contribution in [0.3, 0.4) is 0 Å². The van der Waals surface area contributed by atoms with Crippen LogP contribution in [0.5, 0.6) is 0 Å². The predicted molar refractivity (Wildman–Crippen MR) is 95.0 cm³/mol. The number of benzene rings is 1. The van der Waals surface area contributed by atoms with Gasteiger partial charge in [-0.3, -0.25) is 14.8 Å². The minimum atomic E-state index is -0.796. The summed E-state index contributed by atoms with van der Waals surface area (Å²) in [4.78, 5) is 12.9. The zero-order valence-electron chi connectivity index (χ0n) is 14.7. The molecule has 1 aliphatic heterocycles. The number of hydrogen-bond acceptors (Lipinski definition) is 5. The number of H-pyrrole nitrogens is 1. The summed E-state index contributed by atoms with van der Waals surface area (Å²) in [5, 5.41) is 25.2. The molecule has 1 aromatic heterocycles. The van der Waals surface area contributed by atoms with E-state index in [2.05, 4.69) is 20.0 Å². The van der Waals surface area contributed by atoms with E-state index in [4.69, 9.17) is 9.90 Å². The predicted octanol–water partition coefficient (Wildman–Crippen LogP) is 1.13. The molecular formula is C18H26N4O3. The third kappa shape index (κ3) is 4.66. The number of carbonyl (C=O) groups is 1. The van der Waals surface area contributed by atoms with Crippen LogP contribution < -0.4 is 0 Å². The molecule has 7 nitrogen and oxygen atoms in total. The van der Waals surface area contributed by atoms with Crippen molar-refractivity contribution < 1.29 is 15.0 Å². The standard InChI is InChI=1S/C17H24N4O.CH2O2/c1-20(2)16-13-21(12-15-8-10-18-19-15)11-9-17(16,22)14-6-4-3-5-7-14;2-1-3/h3-8,10,16,22H,9,11-13H2,1-2H3,(H,18,19);1H,(H,2,3)/t16-,17+;/m1./s1. The van der Waals surface area contributed by atoms with Gasteiger partial charge in [0.25, 0.3) is 6.47 Å². The molecule has 1 aliphatic rings. The zero-order chi connectivity index (χ0) is 18.3. The Morgan fingerprint density at radius 2 is 2.04 bits per heavy atom. The summed E-state index contributed by atoms with van der Waals surface area (Å²) in [5.74, 6) is 0. The second kappa shape index (κ2) is 8.75. The second-order valence-electron chi connectivity index (χ2n) is 6.44. The number of likely N-dealkylation sites (N-methyl/N-ethyl adjacent to an activating group) is 1. The first kappa shape index (κ1) is 19.1. The first-order valence-corrected chi connectivity index (χ1v) is 8.24. The molecule has 0 unspecified atom stereocenters. The van der Waals surface area contributed by atoms with Gasteiger partial charge in [-0.05, 0) is 32.1 Å². The Morgan fingerprint density at radius 3 is 2.60 bits per heavy atom. The van der Waals surface area contributed by atoms with E-state index < -0.39 is 5.60 Å². The van der Waals surface area contributed by atoms with Crippen LogP contribution in [0, 0.1) is 0 Å². The van der Waals surface area contributed by atoms with Crippen molar-refractivity contribution in [3.05, 3.63) is 53.9 Å². The number of carboxylic acid groups (broad SMARTS) is 1. The van der Waals surface area contributed by atoms with Crippen molar-refractivity contribution in [2.24, 2.45) is 0 Å². The van der Waals surface area contributed by atoms with E-state index in [1.54, 1.807) is 6.20 Å². The number of likely N-dealkylation sites (tertiary alicyclic amines) is 1. The first-order chi connectivity index (χ1) is 12.0. The molecule has 2 atom stereocenters. The van der Waals surface area contributed by atoms with Gasteiger partial charge in [0.05, 0.1) is 6.04 Å². The molecule has 1 saturated heterocycles. The fourth-order valence-electron chi connectivity index (χ4n) is 3.39. The summed E-state index contributed by atoms with van der Waals surface area (Å²) in [5.41, 5.74) is 1.33. The van der Waals surface area contributed by atoms with Gasteiger partial charge >= 0.3 is 0 Å². The summed E-state index contributed by atoms with van der Waals surface area (Å²) >= 11 is 0. The summed E-state index contributed by atoms with van der Waals surface area (Å²) < 4.78 is 0. The maximum Gasteiger partial charge on any atom is 0.290 e. The molecule has 136 valence electrons. The molecule has 25 heavy (non-hydrogen) atoms. The second-order valence-corrected chi connectivity index (χ2v) is 6.44. The van der Waals surface area contributed by atoms with Gasteiger partial charge in [0.1, 0.15) is 5.60 Å². The topological polar surface area (TPSA) is 92.7 Å². The number of nitrogens with one attached hydrogen (secondary N) is 1. The van der Waals surface area contributed by atoms with E-state index in [0.29, 0.717) is 0 Å². The van der Waals surface area contributed by atoms with Crippen LogP contribution in [0.15, 0.2) is 42.6 Å². The van der Waals surface area contributed by atoms with Crippen LogP contribution in [0.1, 0.15) is 17.7 Å². The van der Waals surface area contributed by atoms with E-state index >= 15 is 0 Å². The summed E-state index contributed by atoms with van der Waals surface area (Å²) in [6.45, 7) is 2.29. The minimum Gasteiger partial charge on any atom is -0.483 e. The largest absolute Gasteiger partial charge is 0.483 e. The molecule has 3 rings (SSSR count). The quantitative estimate of drug-likeness (QED) is 0.719. The normalized spacial score (nSPS) is 23.8. The van der Waals surface area contributed by atoms with Crippen molar-refractivity contribution in [2.75, 3.05) is 27.2 Å². The van der Waals surface area contributed by atoms with Crippen molar-refractivity contribution in [1.82, 2.24) is 20.0 Å². The molecule has 1 fully saturated rings. The highest BCUT2D eigenvalue weighted by atomic mass is 16.3. The van der Waals surface area contributed by atoms with E-state index in [1.807, 2.05) is 50.5 Å². The monoisotopic (exact) mass is 346 g/mol. The van der Waals surface area contributed by atoms with Crippen molar-refractivity contribution in [3.8, 4) is 0 Å². The fourth-order valence-corrected chi connectivity index (χ4v) is 3.39. The van der Waals surface area contributed by atoms with E-state index in [1.165, 1.54) is 0 Å². The molecule has 0 bridgehead atoms. The molecule has 2 heterocycles. The maximum atomic E-state index is 11.3. The van der Waals surface area contributed by atoms with Crippen LogP contribution in [0.25, 0.3) is 0 Å². The number of aromatic amines is 1. The van der Waals surface area contributed by atoms with Crippen LogP contribution in [0.4, 0.5) is 0 Å². The Morgan fingerprint density at radius 1 is 1.36 bits per heavy atom. The molecule has 0 aliphatic carbocycles. The molecule has 2 aromatic rings. The highest BCUT2D eigenvalue weighted by Gasteiger charge is 2.43. The molecule has 1 aromatic carbocycles. The number of aromatic nitrogens is 2. The van der Waals surface area contributed by atoms with E-state index in [0.717, 1.165) is 37.3 Å². The summed E-state index contributed by atoms with van der Waals surface area (Å²) in [7, 11) is 4.08. The Bertz CT molecular complexity index is 633. The number of nitrogens with zero attached hydrogens (tertiary/aromatic N) is 3. The minimum absolute atomic E-state index is 0.0616. The lowest BCUT2D eigenvalue weighted by atomic mass is 9.80. The van der Waals surface area contributed by atoms with Crippen molar-refractivity contribution >= 4 is 6.47 Å². The van der Waals surface area contributed by atoms with Crippen LogP contribution in [-0.2, 0) is 16.9 Å². The number of rotatable bonds is 4. The third-order valence-electron chi connectivity index (χ3n) is 4.64. The smallest absolute Gasteiger partial charge is 0.290 e. The summed E-state index contributed by atoms with van der Waals surface area (Å²) in [6.07, 6.45) is 2.51.